The summed E-state index contributed by atoms with van der Waals surface area (Å²) in [6.45, 7) is 5.53. The zero-order chi connectivity index (χ0) is 21.7. The Labute approximate surface area is 179 Å². The predicted octanol–water partition coefficient (Wildman–Crippen LogP) is 3.31. The minimum atomic E-state index is -3.34. The average molecular weight is 430 g/mol. The van der Waals surface area contributed by atoms with Crippen molar-refractivity contribution in [3.63, 3.8) is 0 Å². The van der Waals surface area contributed by atoms with Crippen LogP contribution in [-0.2, 0) is 23.1 Å². The third-order valence-electron chi connectivity index (χ3n) is 5.60. The van der Waals surface area contributed by atoms with Crippen LogP contribution in [0, 0.1) is 6.92 Å². The molecule has 3 rings (SSSR count). The van der Waals surface area contributed by atoms with Gasteiger partial charge in [-0.3, -0.25) is 14.0 Å². The number of piperidine rings is 1. The molecule has 2 aromatic rings. The van der Waals surface area contributed by atoms with E-state index in [1.807, 2.05) is 12.1 Å². The first-order chi connectivity index (χ1) is 14.2. The number of rotatable bonds is 7. The van der Waals surface area contributed by atoms with E-state index in [9.17, 15) is 13.2 Å². The summed E-state index contributed by atoms with van der Waals surface area (Å²) in [6, 6.07) is 13.4. The predicted molar refractivity (Wildman–Crippen MR) is 121 cm³/mol. The van der Waals surface area contributed by atoms with E-state index in [1.165, 1.54) is 36.2 Å². The van der Waals surface area contributed by atoms with Crippen molar-refractivity contribution in [1.29, 1.82) is 0 Å². The molecule has 1 aliphatic heterocycles. The number of hydrogen-bond donors (Lipinski definition) is 1. The second-order valence-corrected chi connectivity index (χ2v) is 10.1. The quantitative estimate of drug-likeness (QED) is 0.733. The molecule has 6 nitrogen and oxygen atoms in total. The Hall–Kier alpha value is -2.38. The van der Waals surface area contributed by atoms with Gasteiger partial charge in [-0.15, -0.1) is 0 Å². The van der Waals surface area contributed by atoms with Gasteiger partial charge in [0.05, 0.1) is 11.9 Å². The number of hydrogen-bond acceptors (Lipinski definition) is 4. The molecule has 0 aliphatic carbocycles. The highest BCUT2D eigenvalue weighted by atomic mass is 32.2. The van der Waals surface area contributed by atoms with E-state index >= 15 is 0 Å². The van der Waals surface area contributed by atoms with Gasteiger partial charge in [-0.25, -0.2) is 8.42 Å². The van der Waals surface area contributed by atoms with Gasteiger partial charge in [0, 0.05) is 25.7 Å². The summed E-state index contributed by atoms with van der Waals surface area (Å²) in [5.41, 5.74) is 4.16. The van der Waals surface area contributed by atoms with E-state index in [0.29, 0.717) is 17.8 Å². The summed E-state index contributed by atoms with van der Waals surface area (Å²) in [7, 11) is -1.84. The Kier molecular flexibility index (Phi) is 7.15. The summed E-state index contributed by atoms with van der Waals surface area (Å²) in [5, 5.41) is 2.97. The van der Waals surface area contributed by atoms with Gasteiger partial charge in [0.15, 0.2) is 0 Å². The molecule has 30 heavy (non-hydrogen) atoms. The van der Waals surface area contributed by atoms with Gasteiger partial charge in [-0.1, -0.05) is 30.7 Å². The van der Waals surface area contributed by atoms with Gasteiger partial charge in [0.1, 0.15) is 0 Å². The van der Waals surface area contributed by atoms with Crippen LogP contribution in [-0.4, -0.2) is 45.6 Å². The lowest BCUT2D eigenvalue weighted by Gasteiger charge is -2.26. The van der Waals surface area contributed by atoms with E-state index in [-0.39, 0.29) is 5.91 Å². The van der Waals surface area contributed by atoms with Gasteiger partial charge in [-0.05, 0) is 67.7 Å². The minimum Gasteiger partial charge on any atom is -0.348 e. The third kappa shape index (κ3) is 5.83. The largest absolute Gasteiger partial charge is 0.348 e. The molecule has 0 radical (unpaired) electrons. The molecule has 7 heteroatoms. The van der Waals surface area contributed by atoms with Gasteiger partial charge in [-0.2, -0.15) is 0 Å². The first-order valence-electron chi connectivity index (χ1n) is 10.4. The lowest BCUT2D eigenvalue weighted by molar-refractivity contribution is 0.0951. The summed E-state index contributed by atoms with van der Waals surface area (Å²) >= 11 is 0. The first-order valence-corrected chi connectivity index (χ1v) is 12.2. The molecule has 1 saturated heterocycles. The number of benzene rings is 2. The zero-order valence-corrected chi connectivity index (χ0v) is 18.8. The number of nitrogens with one attached hydrogen (secondary N) is 1. The topological polar surface area (TPSA) is 69.7 Å². The maximum absolute atomic E-state index is 12.6. The molecule has 0 aromatic heterocycles. The van der Waals surface area contributed by atoms with Crippen molar-refractivity contribution in [3.05, 3.63) is 64.7 Å². The Morgan fingerprint density at radius 1 is 1.07 bits per heavy atom. The van der Waals surface area contributed by atoms with Crippen LogP contribution < -0.4 is 9.62 Å². The molecule has 1 fully saturated rings. The van der Waals surface area contributed by atoms with Crippen molar-refractivity contribution >= 4 is 21.6 Å². The Morgan fingerprint density at radius 2 is 1.77 bits per heavy atom. The summed E-state index contributed by atoms with van der Waals surface area (Å²) in [5.74, 6) is -0.173. The molecule has 1 N–H and O–H groups in total. The molecule has 0 saturated carbocycles. The van der Waals surface area contributed by atoms with E-state index in [2.05, 4.69) is 22.3 Å². The SMILES string of the molecule is Cc1cc(C(=O)NCc2cccc(CN3CCCCC3)c2)ccc1N(C)S(C)(=O)=O. The van der Waals surface area contributed by atoms with E-state index in [0.717, 1.165) is 37.0 Å². The first kappa shape index (κ1) is 22.3. The number of nitrogens with zero attached hydrogens (tertiary/aromatic N) is 2. The van der Waals surface area contributed by atoms with Crippen LogP contribution in [0.4, 0.5) is 5.69 Å². The molecule has 0 bridgehead atoms. The molecule has 0 spiro atoms. The van der Waals surface area contributed by atoms with Gasteiger partial charge in [0.2, 0.25) is 10.0 Å². The Bertz CT molecular complexity index is 999. The Balaban J connectivity index is 1.61. The van der Waals surface area contributed by atoms with Gasteiger partial charge >= 0.3 is 0 Å². The fraction of sp³-hybridized carbons (Fsp3) is 0.435. The van der Waals surface area contributed by atoms with Crippen molar-refractivity contribution in [3.8, 4) is 0 Å². The van der Waals surface area contributed by atoms with Crippen molar-refractivity contribution in [2.45, 2.75) is 39.3 Å². The highest BCUT2D eigenvalue weighted by Gasteiger charge is 2.16. The number of anilines is 1. The van der Waals surface area contributed by atoms with Crippen LogP contribution in [0.15, 0.2) is 42.5 Å². The maximum atomic E-state index is 12.6. The lowest BCUT2D eigenvalue weighted by atomic mass is 10.1. The van der Waals surface area contributed by atoms with E-state index < -0.39 is 10.0 Å². The minimum absolute atomic E-state index is 0.173. The second-order valence-electron chi connectivity index (χ2n) is 8.07. The summed E-state index contributed by atoms with van der Waals surface area (Å²) in [6.07, 6.45) is 5.03. The molecule has 162 valence electrons. The fourth-order valence-corrected chi connectivity index (χ4v) is 4.39. The number of carbonyl (C=O) groups is 1. The molecule has 1 amide bonds. The smallest absolute Gasteiger partial charge is 0.251 e. The van der Waals surface area contributed by atoms with Crippen molar-refractivity contribution in [2.75, 3.05) is 30.7 Å². The normalized spacial score (nSPS) is 15.0. The van der Waals surface area contributed by atoms with Crippen LogP contribution >= 0.6 is 0 Å². The van der Waals surface area contributed by atoms with Crippen LogP contribution in [0.1, 0.15) is 46.3 Å². The second kappa shape index (κ2) is 9.62. The van der Waals surface area contributed by atoms with Crippen LogP contribution in [0.3, 0.4) is 0 Å². The molecule has 1 heterocycles. The molecule has 2 aromatic carbocycles. The van der Waals surface area contributed by atoms with Crippen molar-refractivity contribution in [1.82, 2.24) is 10.2 Å². The summed E-state index contributed by atoms with van der Waals surface area (Å²) < 4.78 is 24.7. The van der Waals surface area contributed by atoms with E-state index in [4.69, 9.17) is 0 Å². The molecular formula is C23H31N3O3S. The van der Waals surface area contributed by atoms with Gasteiger partial charge < -0.3 is 5.32 Å². The average Bonchev–Trinajstić information content (AvgIpc) is 2.72. The lowest BCUT2D eigenvalue weighted by Crippen LogP contribution is -2.29. The van der Waals surface area contributed by atoms with Crippen molar-refractivity contribution in [2.24, 2.45) is 0 Å². The highest BCUT2D eigenvalue weighted by Crippen LogP contribution is 2.22. The zero-order valence-electron chi connectivity index (χ0n) is 18.0. The van der Waals surface area contributed by atoms with Crippen LogP contribution in [0.5, 0.6) is 0 Å². The number of amides is 1. The monoisotopic (exact) mass is 429 g/mol. The molecular weight excluding hydrogens is 398 g/mol. The molecule has 0 unspecified atom stereocenters. The molecule has 1 aliphatic rings. The number of aryl methyl sites for hydroxylation is 1. The van der Waals surface area contributed by atoms with Crippen LogP contribution in [0.25, 0.3) is 0 Å². The van der Waals surface area contributed by atoms with Crippen LogP contribution in [0.2, 0.25) is 0 Å². The number of likely N-dealkylation sites (tertiary alicyclic amines) is 1. The van der Waals surface area contributed by atoms with Crippen molar-refractivity contribution < 1.29 is 13.2 Å². The molecule has 0 atom stereocenters. The summed E-state index contributed by atoms with van der Waals surface area (Å²) in [4.78, 5) is 15.1. The highest BCUT2D eigenvalue weighted by molar-refractivity contribution is 7.92. The van der Waals surface area contributed by atoms with E-state index in [1.54, 1.807) is 25.1 Å². The van der Waals surface area contributed by atoms with Gasteiger partial charge in [0.25, 0.3) is 5.91 Å². The standard InChI is InChI=1S/C23H31N3O3S/c1-18-14-21(10-11-22(18)25(2)30(3,28)29)23(27)24-16-19-8-7-9-20(15-19)17-26-12-5-4-6-13-26/h7-11,14-15H,4-6,12-13,16-17H2,1-3H3,(H,24,27). The third-order valence-corrected chi connectivity index (χ3v) is 6.79. The Morgan fingerprint density at radius 3 is 2.43 bits per heavy atom. The number of carbonyl (C=O) groups excluding carboxylic acids is 1. The number of sulfonamides is 1. The fourth-order valence-electron chi connectivity index (χ4n) is 3.83. The maximum Gasteiger partial charge on any atom is 0.251 e.